The molecule has 0 aliphatic heterocycles. The number of fused-ring (bicyclic) bond motifs is 1. The number of pyridine rings is 1. The molecule has 0 spiro atoms. The van der Waals surface area contributed by atoms with Crippen LogP contribution >= 0.6 is 0 Å². The molecule has 0 bridgehead atoms. The highest BCUT2D eigenvalue weighted by Gasteiger charge is 2.14. The SMILES string of the molecule is Cc1cc(-c2ccc(F)cc2)c2c(N)noc2n1. The maximum Gasteiger partial charge on any atom is 0.260 e. The van der Waals surface area contributed by atoms with Crippen molar-refractivity contribution in [3.05, 3.63) is 41.8 Å². The minimum Gasteiger partial charge on any atom is -0.380 e. The molecule has 0 unspecified atom stereocenters. The van der Waals surface area contributed by atoms with Gasteiger partial charge in [-0.1, -0.05) is 17.3 Å². The van der Waals surface area contributed by atoms with Gasteiger partial charge in [-0.15, -0.1) is 0 Å². The molecule has 2 heterocycles. The van der Waals surface area contributed by atoms with Crippen molar-refractivity contribution in [2.75, 3.05) is 5.73 Å². The van der Waals surface area contributed by atoms with Gasteiger partial charge in [-0.3, -0.25) is 0 Å². The van der Waals surface area contributed by atoms with Crippen LogP contribution in [0.2, 0.25) is 0 Å². The number of hydrogen-bond donors (Lipinski definition) is 1. The van der Waals surface area contributed by atoms with E-state index < -0.39 is 0 Å². The molecule has 0 aliphatic rings. The number of aromatic nitrogens is 2. The Morgan fingerprint density at radius 3 is 2.67 bits per heavy atom. The number of rotatable bonds is 1. The van der Waals surface area contributed by atoms with E-state index in [-0.39, 0.29) is 11.6 Å². The van der Waals surface area contributed by atoms with Crippen LogP contribution in [-0.2, 0) is 0 Å². The normalized spacial score (nSPS) is 11.0. The van der Waals surface area contributed by atoms with Gasteiger partial charge in [-0.2, -0.15) is 0 Å². The number of hydrogen-bond acceptors (Lipinski definition) is 4. The van der Waals surface area contributed by atoms with Crippen molar-refractivity contribution in [3.63, 3.8) is 0 Å². The zero-order valence-electron chi connectivity index (χ0n) is 9.64. The van der Waals surface area contributed by atoms with E-state index in [2.05, 4.69) is 10.1 Å². The molecule has 0 saturated carbocycles. The molecular formula is C13H10FN3O. The third-order valence-corrected chi connectivity index (χ3v) is 2.76. The topological polar surface area (TPSA) is 64.9 Å². The number of nitrogens with zero attached hydrogens (tertiary/aromatic N) is 2. The lowest BCUT2D eigenvalue weighted by Crippen LogP contribution is -1.90. The van der Waals surface area contributed by atoms with Gasteiger partial charge in [-0.25, -0.2) is 9.37 Å². The fraction of sp³-hybridized carbons (Fsp3) is 0.0769. The maximum atomic E-state index is 12.9. The average Bonchev–Trinajstić information content (AvgIpc) is 2.71. The van der Waals surface area contributed by atoms with Crippen LogP contribution in [0, 0.1) is 12.7 Å². The highest BCUT2D eigenvalue weighted by Crippen LogP contribution is 2.32. The van der Waals surface area contributed by atoms with Crippen molar-refractivity contribution >= 4 is 16.9 Å². The van der Waals surface area contributed by atoms with E-state index >= 15 is 0 Å². The number of halogens is 1. The second-order valence-corrected chi connectivity index (χ2v) is 4.07. The molecule has 0 atom stereocenters. The monoisotopic (exact) mass is 243 g/mol. The molecule has 3 rings (SSSR count). The summed E-state index contributed by atoms with van der Waals surface area (Å²) < 4.78 is 18.0. The van der Waals surface area contributed by atoms with E-state index in [0.29, 0.717) is 11.1 Å². The molecule has 0 amide bonds. The van der Waals surface area contributed by atoms with E-state index in [4.69, 9.17) is 10.3 Å². The van der Waals surface area contributed by atoms with Crippen molar-refractivity contribution in [2.24, 2.45) is 0 Å². The number of benzene rings is 1. The molecular weight excluding hydrogens is 233 g/mol. The Morgan fingerprint density at radius 2 is 1.94 bits per heavy atom. The number of anilines is 1. The van der Waals surface area contributed by atoms with Gasteiger partial charge in [0, 0.05) is 11.3 Å². The summed E-state index contributed by atoms with van der Waals surface area (Å²) in [5, 5.41) is 4.37. The predicted molar refractivity (Wildman–Crippen MR) is 66.3 cm³/mol. The lowest BCUT2D eigenvalue weighted by atomic mass is 10.0. The Labute approximate surface area is 102 Å². The van der Waals surface area contributed by atoms with Crippen molar-refractivity contribution in [2.45, 2.75) is 6.92 Å². The smallest absolute Gasteiger partial charge is 0.260 e. The first-order valence-electron chi connectivity index (χ1n) is 5.43. The summed E-state index contributed by atoms with van der Waals surface area (Å²) in [7, 11) is 0. The van der Waals surface area contributed by atoms with Gasteiger partial charge in [0.25, 0.3) is 5.71 Å². The van der Waals surface area contributed by atoms with E-state index in [1.54, 1.807) is 12.1 Å². The molecule has 4 nitrogen and oxygen atoms in total. The summed E-state index contributed by atoms with van der Waals surface area (Å²) in [5.41, 5.74) is 8.65. The summed E-state index contributed by atoms with van der Waals surface area (Å²) >= 11 is 0. The van der Waals surface area contributed by atoms with E-state index in [1.807, 2.05) is 13.0 Å². The van der Waals surface area contributed by atoms with Gasteiger partial charge in [0.05, 0.1) is 5.39 Å². The van der Waals surface area contributed by atoms with Crippen molar-refractivity contribution in [1.82, 2.24) is 10.1 Å². The maximum absolute atomic E-state index is 12.9. The van der Waals surface area contributed by atoms with Crippen LogP contribution in [0.25, 0.3) is 22.2 Å². The second-order valence-electron chi connectivity index (χ2n) is 4.07. The van der Waals surface area contributed by atoms with Crippen molar-refractivity contribution < 1.29 is 8.91 Å². The Morgan fingerprint density at radius 1 is 1.22 bits per heavy atom. The van der Waals surface area contributed by atoms with Crippen LogP contribution in [0.4, 0.5) is 10.2 Å². The standard InChI is InChI=1S/C13H10FN3O/c1-7-6-10(8-2-4-9(14)5-3-8)11-12(15)17-18-13(11)16-7/h2-6H,1H3,(H2,15,17). The molecule has 2 aromatic heterocycles. The van der Waals surface area contributed by atoms with Gasteiger partial charge >= 0.3 is 0 Å². The largest absolute Gasteiger partial charge is 0.380 e. The minimum atomic E-state index is -0.279. The van der Waals surface area contributed by atoms with E-state index in [1.165, 1.54) is 12.1 Å². The Balaban J connectivity index is 2.33. The number of aryl methyl sites for hydroxylation is 1. The Hall–Kier alpha value is -2.43. The van der Waals surface area contributed by atoms with Crippen molar-refractivity contribution in [3.8, 4) is 11.1 Å². The molecule has 0 saturated heterocycles. The number of nitrogen functional groups attached to an aromatic ring is 1. The molecule has 90 valence electrons. The molecule has 0 aliphatic carbocycles. The van der Waals surface area contributed by atoms with Crippen LogP contribution in [0.5, 0.6) is 0 Å². The van der Waals surface area contributed by atoms with Gasteiger partial charge in [-0.05, 0) is 30.7 Å². The Kier molecular flexibility index (Phi) is 2.26. The van der Waals surface area contributed by atoms with Crippen LogP contribution in [-0.4, -0.2) is 10.1 Å². The van der Waals surface area contributed by atoms with Gasteiger partial charge in [0.15, 0.2) is 5.82 Å². The molecule has 18 heavy (non-hydrogen) atoms. The summed E-state index contributed by atoms with van der Waals surface area (Å²) in [4.78, 5) is 4.22. The zero-order chi connectivity index (χ0) is 12.7. The minimum absolute atomic E-state index is 0.279. The van der Waals surface area contributed by atoms with Gasteiger partial charge in [0.2, 0.25) is 0 Å². The van der Waals surface area contributed by atoms with E-state index in [9.17, 15) is 4.39 Å². The molecule has 2 N–H and O–H groups in total. The highest BCUT2D eigenvalue weighted by atomic mass is 19.1. The third kappa shape index (κ3) is 1.60. The van der Waals surface area contributed by atoms with Crippen molar-refractivity contribution in [1.29, 1.82) is 0 Å². The fourth-order valence-electron chi connectivity index (χ4n) is 1.95. The zero-order valence-corrected chi connectivity index (χ0v) is 9.64. The van der Waals surface area contributed by atoms with Crippen LogP contribution in [0.1, 0.15) is 5.69 Å². The first-order valence-corrected chi connectivity index (χ1v) is 5.43. The van der Waals surface area contributed by atoms with Crippen LogP contribution < -0.4 is 5.73 Å². The molecule has 5 heteroatoms. The van der Waals surface area contributed by atoms with E-state index in [0.717, 1.165) is 16.8 Å². The summed E-state index contributed by atoms with van der Waals surface area (Å²) in [6.07, 6.45) is 0. The van der Waals surface area contributed by atoms with Gasteiger partial charge < -0.3 is 10.3 Å². The lowest BCUT2D eigenvalue weighted by Gasteiger charge is -2.04. The van der Waals surface area contributed by atoms with Crippen LogP contribution in [0.15, 0.2) is 34.9 Å². The summed E-state index contributed by atoms with van der Waals surface area (Å²) in [5.74, 6) is 0.0101. The molecule has 0 fully saturated rings. The van der Waals surface area contributed by atoms with Crippen LogP contribution in [0.3, 0.4) is 0 Å². The third-order valence-electron chi connectivity index (χ3n) is 2.76. The highest BCUT2D eigenvalue weighted by molar-refractivity contribution is 5.98. The first kappa shape index (κ1) is 10.7. The second kappa shape index (κ2) is 3.80. The predicted octanol–water partition coefficient (Wildman–Crippen LogP) is 2.92. The summed E-state index contributed by atoms with van der Waals surface area (Å²) in [6.45, 7) is 1.85. The average molecular weight is 243 g/mol. The first-order chi connectivity index (χ1) is 8.65. The Bertz CT molecular complexity index is 719. The van der Waals surface area contributed by atoms with Gasteiger partial charge in [0.1, 0.15) is 5.82 Å². The summed E-state index contributed by atoms with van der Waals surface area (Å²) in [6, 6.07) is 8.07. The molecule has 3 aromatic rings. The fourth-order valence-corrected chi connectivity index (χ4v) is 1.95. The number of nitrogens with two attached hydrogens (primary N) is 1. The molecule has 1 aromatic carbocycles. The molecule has 0 radical (unpaired) electrons. The quantitative estimate of drug-likeness (QED) is 0.713. The lowest BCUT2D eigenvalue weighted by molar-refractivity contribution is 0.452.